The Balaban J connectivity index is 1.95. The van der Waals surface area contributed by atoms with Crippen molar-refractivity contribution in [1.82, 2.24) is 0 Å². The number of hydrogen-bond acceptors (Lipinski definition) is 7. The first-order chi connectivity index (χ1) is 12.1. The number of ether oxygens (including phenoxy) is 1. The molecule has 0 aromatic rings. The lowest BCUT2D eigenvalue weighted by molar-refractivity contribution is -0.369. The lowest BCUT2D eigenvalue weighted by Crippen LogP contribution is -2.73. The van der Waals surface area contributed by atoms with Gasteiger partial charge in [-0.15, -0.1) is 0 Å². The third-order valence-electron chi connectivity index (χ3n) is 10.0. The molecular formula is C20H30O7. The molecule has 0 unspecified atom stereocenters. The Morgan fingerprint density at radius 2 is 1.63 bits per heavy atom. The fourth-order valence-corrected chi connectivity index (χ4v) is 8.38. The second kappa shape index (κ2) is 4.02. The van der Waals surface area contributed by atoms with E-state index >= 15 is 0 Å². The van der Waals surface area contributed by atoms with E-state index in [4.69, 9.17) is 4.74 Å². The molecule has 0 radical (unpaired) electrons. The highest BCUT2D eigenvalue weighted by atomic mass is 16.7. The molecule has 7 heteroatoms. The number of rotatable bonds is 1. The molecule has 0 aromatic heterocycles. The van der Waals surface area contributed by atoms with Gasteiger partial charge in [0.25, 0.3) is 0 Å². The van der Waals surface area contributed by atoms with Crippen molar-refractivity contribution in [3.05, 3.63) is 0 Å². The molecule has 2 aliphatic heterocycles. The molecule has 6 aliphatic rings. The minimum Gasteiger partial charge on any atom is -0.389 e. The van der Waals surface area contributed by atoms with Gasteiger partial charge in [0.2, 0.25) is 0 Å². The van der Waals surface area contributed by atoms with Gasteiger partial charge in [-0.2, -0.15) is 0 Å². The lowest BCUT2D eigenvalue weighted by Gasteiger charge is -2.59. The van der Waals surface area contributed by atoms with Gasteiger partial charge >= 0.3 is 0 Å². The monoisotopic (exact) mass is 382 g/mol. The lowest BCUT2D eigenvalue weighted by atomic mass is 9.52. The van der Waals surface area contributed by atoms with Crippen molar-refractivity contribution in [3.8, 4) is 0 Å². The van der Waals surface area contributed by atoms with E-state index in [2.05, 4.69) is 0 Å². The van der Waals surface area contributed by atoms with Crippen LogP contribution in [-0.2, 0) is 9.53 Å². The zero-order valence-electron chi connectivity index (χ0n) is 16.5. The highest BCUT2D eigenvalue weighted by Gasteiger charge is 3.07. The fraction of sp³-hybridized carbons (Fsp3) is 0.950. The molecule has 6 bridgehead atoms. The van der Waals surface area contributed by atoms with Gasteiger partial charge < -0.3 is 30.3 Å². The number of aliphatic hydroxyl groups is 5. The maximum atomic E-state index is 13.5. The van der Waals surface area contributed by atoms with Crippen LogP contribution in [0.1, 0.15) is 60.3 Å². The van der Waals surface area contributed by atoms with Crippen molar-refractivity contribution < 1.29 is 35.1 Å². The van der Waals surface area contributed by atoms with Crippen LogP contribution in [-0.4, -0.2) is 65.1 Å². The molecule has 152 valence electrons. The van der Waals surface area contributed by atoms with Crippen LogP contribution in [0.5, 0.6) is 0 Å². The van der Waals surface area contributed by atoms with Crippen LogP contribution < -0.4 is 0 Å². The number of carbonyl (C=O) groups excluding carboxylic acids is 1. The standard InChI is InChI=1S/C20H30O7/c1-10(2)15(22)9-17(24)13(4)8-18(25)14(15,5)20(17,26)19(27-18)12(21)11(3)6-7-16(13,19)23/h10-11,22-26H,6-9H2,1-5H3/t11-,13-,14-,15-,16-,17+,18-,19+,20+/m0/s1. The average molecular weight is 382 g/mol. The molecule has 6 fully saturated rings. The summed E-state index contributed by atoms with van der Waals surface area (Å²) < 4.78 is 6.02. The van der Waals surface area contributed by atoms with Gasteiger partial charge in [0.15, 0.2) is 17.2 Å². The van der Waals surface area contributed by atoms with E-state index < -0.39 is 62.2 Å². The Labute approximate surface area is 158 Å². The SMILES string of the molecule is CC(C)[C@@]1(O)C[C@@]2(O)[C@@]3(C)C[C@]4(O)O[C@@]5(C(=O)[C@@H](C)CC[C@]35O)[C@@]2(O)[C@]41C. The predicted molar refractivity (Wildman–Crippen MR) is 92.3 cm³/mol. The van der Waals surface area contributed by atoms with E-state index in [1.807, 2.05) is 0 Å². The van der Waals surface area contributed by atoms with Crippen LogP contribution in [0.2, 0.25) is 0 Å². The van der Waals surface area contributed by atoms with E-state index in [0.717, 1.165) is 0 Å². The topological polar surface area (TPSA) is 127 Å². The Kier molecular flexibility index (Phi) is 2.75. The van der Waals surface area contributed by atoms with Gasteiger partial charge in [0.1, 0.15) is 16.8 Å². The molecular weight excluding hydrogens is 352 g/mol. The molecule has 2 saturated heterocycles. The molecule has 2 heterocycles. The van der Waals surface area contributed by atoms with E-state index in [1.165, 1.54) is 6.92 Å². The molecule has 4 aliphatic carbocycles. The fourth-order valence-electron chi connectivity index (χ4n) is 8.38. The summed E-state index contributed by atoms with van der Waals surface area (Å²) >= 11 is 0. The van der Waals surface area contributed by atoms with Crippen molar-refractivity contribution in [1.29, 1.82) is 0 Å². The highest BCUT2D eigenvalue weighted by molar-refractivity contribution is 5.96. The van der Waals surface area contributed by atoms with Gasteiger partial charge in [-0.3, -0.25) is 4.79 Å². The maximum Gasteiger partial charge on any atom is 0.191 e. The van der Waals surface area contributed by atoms with Crippen LogP contribution in [0.4, 0.5) is 0 Å². The minimum atomic E-state index is -2.31. The highest BCUT2D eigenvalue weighted by Crippen LogP contribution is 2.89. The van der Waals surface area contributed by atoms with E-state index in [9.17, 15) is 30.3 Å². The van der Waals surface area contributed by atoms with Gasteiger partial charge in [-0.05, 0) is 25.7 Å². The summed E-state index contributed by atoms with van der Waals surface area (Å²) in [6, 6.07) is 0. The molecule has 4 saturated carbocycles. The first kappa shape index (κ1) is 18.5. The van der Waals surface area contributed by atoms with E-state index in [1.54, 1.807) is 27.7 Å². The summed E-state index contributed by atoms with van der Waals surface area (Å²) in [6.45, 7) is 8.33. The number of ketones is 1. The predicted octanol–water partition coefficient (Wildman–Crippen LogP) is -0.143. The summed E-state index contributed by atoms with van der Waals surface area (Å²) in [5.41, 5.74) is -13.1. The molecule has 0 amide bonds. The van der Waals surface area contributed by atoms with E-state index in [0.29, 0.717) is 6.42 Å². The van der Waals surface area contributed by atoms with Crippen molar-refractivity contribution in [3.63, 3.8) is 0 Å². The third kappa shape index (κ3) is 1.12. The second-order valence-corrected chi connectivity index (χ2v) is 10.7. The van der Waals surface area contributed by atoms with Crippen LogP contribution in [0, 0.1) is 22.7 Å². The molecule has 0 aromatic carbocycles. The summed E-state index contributed by atoms with van der Waals surface area (Å²) in [5.74, 6) is -3.48. The van der Waals surface area contributed by atoms with Crippen molar-refractivity contribution >= 4 is 5.78 Å². The Morgan fingerprint density at radius 1 is 1.04 bits per heavy atom. The first-order valence-electron chi connectivity index (χ1n) is 9.97. The second-order valence-electron chi connectivity index (χ2n) is 10.7. The number of hydrogen-bond donors (Lipinski definition) is 5. The van der Waals surface area contributed by atoms with Crippen molar-refractivity contribution in [2.75, 3.05) is 0 Å². The quantitative estimate of drug-likeness (QED) is 0.427. The smallest absolute Gasteiger partial charge is 0.191 e. The molecule has 5 N–H and O–H groups in total. The molecule has 6 rings (SSSR count). The maximum absolute atomic E-state index is 13.5. The van der Waals surface area contributed by atoms with Crippen LogP contribution in [0.15, 0.2) is 0 Å². The van der Waals surface area contributed by atoms with Crippen LogP contribution in [0.25, 0.3) is 0 Å². The largest absolute Gasteiger partial charge is 0.389 e. The van der Waals surface area contributed by atoms with E-state index in [-0.39, 0.29) is 19.3 Å². The first-order valence-corrected chi connectivity index (χ1v) is 9.97. The third-order valence-corrected chi connectivity index (χ3v) is 10.0. The Morgan fingerprint density at radius 3 is 2.19 bits per heavy atom. The molecule has 27 heavy (non-hydrogen) atoms. The molecule has 1 spiro atoms. The van der Waals surface area contributed by atoms with Crippen LogP contribution in [0.3, 0.4) is 0 Å². The number of carbonyl (C=O) groups is 1. The van der Waals surface area contributed by atoms with Gasteiger partial charge in [-0.25, -0.2) is 0 Å². The Bertz CT molecular complexity index is 799. The minimum absolute atomic E-state index is 0.162. The molecule has 7 nitrogen and oxygen atoms in total. The van der Waals surface area contributed by atoms with Gasteiger partial charge in [-0.1, -0.05) is 27.7 Å². The summed E-state index contributed by atoms with van der Waals surface area (Å²) in [7, 11) is 0. The van der Waals surface area contributed by atoms with Crippen molar-refractivity contribution in [2.24, 2.45) is 22.7 Å². The van der Waals surface area contributed by atoms with Crippen molar-refractivity contribution in [2.45, 2.75) is 94.1 Å². The molecule has 9 atom stereocenters. The zero-order valence-corrected chi connectivity index (χ0v) is 16.5. The summed E-state index contributed by atoms with van der Waals surface area (Å²) in [5, 5.41) is 59.4. The number of Topliss-reactive ketones (excluding diaryl/α,β-unsaturated/α-hetero) is 1. The van der Waals surface area contributed by atoms with Gasteiger partial charge in [0.05, 0.1) is 11.0 Å². The zero-order chi connectivity index (χ0) is 20.3. The average Bonchev–Trinajstić information content (AvgIpc) is 2.82. The Hall–Kier alpha value is -0.570. The van der Waals surface area contributed by atoms with Gasteiger partial charge in [0, 0.05) is 24.2 Å². The normalized spacial score (nSPS) is 68.9. The summed E-state index contributed by atoms with van der Waals surface area (Å²) in [4.78, 5) is 13.5. The van der Waals surface area contributed by atoms with Crippen LogP contribution >= 0.6 is 0 Å². The summed E-state index contributed by atoms with van der Waals surface area (Å²) in [6.07, 6.45) is 0.182.